The van der Waals surface area contributed by atoms with Gasteiger partial charge in [0.1, 0.15) is 11.5 Å². The van der Waals surface area contributed by atoms with Gasteiger partial charge in [-0.1, -0.05) is 79.7 Å². The molecule has 0 aliphatic rings. The summed E-state index contributed by atoms with van der Waals surface area (Å²) in [6.45, 7) is 1.98. The maximum atomic E-state index is 12.8. The molecule has 0 saturated carbocycles. The first-order chi connectivity index (χ1) is 15.2. The molecule has 0 radical (unpaired) electrons. The first-order valence-corrected chi connectivity index (χ1v) is 10.4. The van der Waals surface area contributed by atoms with Gasteiger partial charge in [0.25, 0.3) is 5.91 Å². The largest absolute Gasteiger partial charge is 0.508 e. The van der Waals surface area contributed by atoms with E-state index in [1.807, 2.05) is 84.9 Å². The average Bonchev–Trinajstić information content (AvgIpc) is 2.82. The maximum Gasteiger partial charge on any atom is 0.258 e. The predicted octanol–water partition coefficient (Wildman–Crippen LogP) is 5.39. The molecule has 1 atom stereocenters. The highest BCUT2D eigenvalue weighted by molar-refractivity contribution is 5.89. The number of carbonyl (C=O) groups is 1. The SMILES string of the molecule is CCc1ccc(OCC(=O)NC(c2ccccc2)c2c(O)ccc3ccccc23)cc1. The van der Waals surface area contributed by atoms with Crippen LogP contribution in [0.2, 0.25) is 0 Å². The zero-order valence-corrected chi connectivity index (χ0v) is 17.4. The number of aromatic hydroxyl groups is 1. The van der Waals surface area contributed by atoms with E-state index in [1.165, 1.54) is 5.56 Å². The summed E-state index contributed by atoms with van der Waals surface area (Å²) in [6.07, 6.45) is 0.952. The number of fused-ring (bicyclic) bond motifs is 1. The van der Waals surface area contributed by atoms with E-state index >= 15 is 0 Å². The Bertz CT molecular complexity index is 1170. The van der Waals surface area contributed by atoms with Crippen molar-refractivity contribution in [1.82, 2.24) is 5.32 Å². The molecule has 0 aliphatic carbocycles. The van der Waals surface area contributed by atoms with E-state index in [2.05, 4.69) is 12.2 Å². The Morgan fingerprint density at radius 2 is 1.61 bits per heavy atom. The lowest BCUT2D eigenvalue weighted by atomic mass is 9.92. The molecule has 31 heavy (non-hydrogen) atoms. The van der Waals surface area contributed by atoms with Gasteiger partial charge in [0.05, 0.1) is 6.04 Å². The summed E-state index contributed by atoms with van der Waals surface area (Å²) in [5.41, 5.74) is 2.77. The Labute approximate surface area is 182 Å². The Morgan fingerprint density at radius 3 is 2.35 bits per heavy atom. The fraction of sp³-hybridized carbons (Fsp3) is 0.148. The molecule has 0 heterocycles. The number of ether oxygens (including phenoxy) is 1. The third-order valence-electron chi connectivity index (χ3n) is 5.38. The topological polar surface area (TPSA) is 58.6 Å². The summed E-state index contributed by atoms with van der Waals surface area (Å²) in [4.78, 5) is 12.8. The van der Waals surface area contributed by atoms with Crippen LogP contribution in [0.25, 0.3) is 10.8 Å². The zero-order valence-electron chi connectivity index (χ0n) is 17.4. The van der Waals surface area contributed by atoms with Crippen LogP contribution in [0.4, 0.5) is 0 Å². The predicted molar refractivity (Wildman–Crippen MR) is 123 cm³/mol. The second-order valence-electron chi connectivity index (χ2n) is 7.42. The lowest BCUT2D eigenvalue weighted by Gasteiger charge is -2.22. The lowest BCUT2D eigenvalue weighted by molar-refractivity contribution is -0.123. The van der Waals surface area contributed by atoms with Crippen LogP contribution in [0.5, 0.6) is 11.5 Å². The number of rotatable bonds is 7. The molecule has 1 unspecified atom stereocenters. The van der Waals surface area contributed by atoms with Crippen LogP contribution in [0, 0.1) is 0 Å². The Kier molecular flexibility index (Phi) is 6.18. The minimum atomic E-state index is -0.508. The second-order valence-corrected chi connectivity index (χ2v) is 7.42. The van der Waals surface area contributed by atoms with Crippen molar-refractivity contribution in [2.24, 2.45) is 0 Å². The standard InChI is InChI=1S/C27H25NO3/c1-2-19-12-15-22(16-13-19)31-18-25(30)28-27(21-9-4-3-5-10-21)26-23-11-7-6-8-20(23)14-17-24(26)29/h3-17,27,29H,2,18H2,1H3,(H,28,30). The minimum absolute atomic E-state index is 0.111. The molecule has 4 aromatic carbocycles. The Morgan fingerprint density at radius 1 is 0.903 bits per heavy atom. The van der Waals surface area contributed by atoms with Crippen molar-refractivity contribution in [2.75, 3.05) is 6.61 Å². The number of phenolic OH excluding ortho intramolecular Hbond substituents is 1. The smallest absolute Gasteiger partial charge is 0.258 e. The van der Waals surface area contributed by atoms with Crippen LogP contribution < -0.4 is 10.1 Å². The van der Waals surface area contributed by atoms with E-state index in [-0.39, 0.29) is 18.3 Å². The first kappa shape index (κ1) is 20.5. The number of hydrogen-bond acceptors (Lipinski definition) is 3. The van der Waals surface area contributed by atoms with E-state index in [0.29, 0.717) is 11.3 Å². The van der Waals surface area contributed by atoms with Crippen molar-refractivity contribution in [3.63, 3.8) is 0 Å². The highest BCUT2D eigenvalue weighted by Gasteiger charge is 2.22. The van der Waals surface area contributed by atoms with Gasteiger partial charge < -0.3 is 15.2 Å². The van der Waals surface area contributed by atoms with Gasteiger partial charge in [-0.05, 0) is 46.5 Å². The van der Waals surface area contributed by atoms with Crippen LogP contribution in [-0.4, -0.2) is 17.6 Å². The molecule has 4 nitrogen and oxygen atoms in total. The molecular weight excluding hydrogens is 386 g/mol. The van der Waals surface area contributed by atoms with Gasteiger partial charge in [-0.25, -0.2) is 0 Å². The molecule has 0 fully saturated rings. The van der Waals surface area contributed by atoms with Gasteiger partial charge in [-0.3, -0.25) is 4.79 Å². The summed E-state index contributed by atoms with van der Waals surface area (Å²) >= 11 is 0. The van der Waals surface area contributed by atoms with Crippen LogP contribution >= 0.6 is 0 Å². The summed E-state index contributed by atoms with van der Waals surface area (Å²) in [5, 5.41) is 15.7. The molecule has 2 N–H and O–H groups in total. The average molecular weight is 412 g/mol. The Balaban J connectivity index is 1.61. The number of benzene rings is 4. The number of nitrogens with one attached hydrogen (secondary N) is 1. The molecule has 4 rings (SSSR count). The van der Waals surface area contributed by atoms with E-state index in [9.17, 15) is 9.90 Å². The lowest BCUT2D eigenvalue weighted by Crippen LogP contribution is -2.33. The van der Waals surface area contributed by atoms with Gasteiger partial charge in [-0.15, -0.1) is 0 Å². The van der Waals surface area contributed by atoms with E-state index in [0.717, 1.165) is 22.8 Å². The number of hydrogen-bond donors (Lipinski definition) is 2. The molecule has 0 spiro atoms. The molecule has 0 saturated heterocycles. The van der Waals surface area contributed by atoms with Crippen LogP contribution in [0.15, 0.2) is 91.0 Å². The van der Waals surface area contributed by atoms with Crippen molar-refractivity contribution >= 4 is 16.7 Å². The van der Waals surface area contributed by atoms with Crippen LogP contribution in [0.1, 0.15) is 29.7 Å². The van der Waals surface area contributed by atoms with E-state index in [1.54, 1.807) is 6.07 Å². The number of carbonyl (C=O) groups excluding carboxylic acids is 1. The van der Waals surface area contributed by atoms with Gasteiger partial charge >= 0.3 is 0 Å². The molecule has 0 bridgehead atoms. The quantitative estimate of drug-likeness (QED) is 0.429. The third kappa shape index (κ3) is 4.69. The highest BCUT2D eigenvalue weighted by atomic mass is 16.5. The van der Waals surface area contributed by atoms with Crippen molar-refractivity contribution in [3.05, 3.63) is 108 Å². The normalized spacial score (nSPS) is 11.8. The van der Waals surface area contributed by atoms with Crippen LogP contribution in [-0.2, 0) is 11.2 Å². The second kappa shape index (κ2) is 9.35. The summed E-state index contributed by atoms with van der Waals surface area (Å²) in [7, 11) is 0. The highest BCUT2D eigenvalue weighted by Crippen LogP contribution is 2.35. The molecule has 156 valence electrons. The number of phenols is 1. The molecule has 0 aliphatic heterocycles. The molecule has 0 aromatic heterocycles. The number of amides is 1. The van der Waals surface area contributed by atoms with Gasteiger partial charge in [-0.2, -0.15) is 0 Å². The minimum Gasteiger partial charge on any atom is -0.508 e. The maximum absolute atomic E-state index is 12.8. The van der Waals surface area contributed by atoms with Crippen molar-refractivity contribution in [2.45, 2.75) is 19.4 Å². The van der Waals surface area contributed by atoms with Crippen molar-refractivity contribution in [1.29, 1.82) is 0 Å². The summed E-state index contributed by atoms with van der Waals surface area (Å²) in [5.74, 6) is 0.529. The Hall–Kier alpha value is -3.79. The van der Waals surface area contributed by atoms with Gasteiger partial charge in [0, 0.05) is 5.56 Å². The van der Waals surface area contributed by atoms with Gasteiger partial charge in [0.2, 0.25) is 0 Å². The van der Waals surface area contributed by atoms with Crippen molar-refractivity contribution in [3.8, 4) is 11.5 Å². The summed E-state index contributed by atoms with van der Waals surface area (Å²) in [6, 6.07) is 28.3. The van der Waals surface area contributed by atoms with E-state index in [4.69, 9.17) is 4.74 Å². The molecular formula is C27H25NO3. The molecule has 4 aromatic rings. The first-order valence-electron chi connectivity index (χ1n) is 10.4. The summed E-state index contributed by atoms with van der Waals surface area (Å²) < 4.78 is 5.68. The molecule has 4 heteroatoms. The molecule has 1 amide bonds. The van der Waals surface area contributed by atoms with Crippen LogP contribution in [0.3, 0.4) is 0 Å². The number of aryl methyl sites for hydroxylation is 1. The van der Waals surface area contributed by atoms with Gasteiger partial charge in [0.15, 0.2) is 6.61 Å². The van der Waals surface area contributed by atoms with Crippen molar-refractivity contribution < 1.29 is 14.6 Å². The third-order valence-corrected chi connectivity index (χ3v) is 5.38. The fourth-order valence-corrected chi connectivity index (χ4v) is 3.73. The zero-order chi connectivity index (χ0) is 21.6. The van der Waals surface area contributed by atoms with E-state index < -0.39 is 6.04 Å². The monoisotopic (exact) mass is 411 g/mol. The fourth-order valence-electron chi connectivity index (χ4n) is 3.73.